The van der Waals surface area contributed by atoms with Crippen LogP contribution in [0.5, 0.6) is 0 Å². The molecule has 124 valence electrons. The van der Waals surface area contributed by atoms with Gasteiger partial charge in [-0.05, 0) is 36.2 Å². The van der Waals surface area contributed by atoms with Crippen LogP contribution in [0, 0.1) is 12.7 Å². The van der Waals surface area contributed by atoms with E-state index in [4.69, 9.17) is 4.98 Å². The number of anilines is 1. The maximum Gasteiger partial charge on any atom is 0.139 e. The molecule has 0 atom stereocenters. The quantitative estimate of drug-likeness (QED) is 0.566. The molecule has 0 aliphatic carbocycles. The number of rotatable bonds is 4. The van der Waals surface area contributed by atoms with Crippen LogP contribution >= 0.6 is 0 Å². The molecule has 3 nitrogen and oxygen atoms in total. The second-order valence-electron chi connectivity index (χ2n) is 6.09. The fourth-order valence-corrected chi connectivity index (χ4v) is 2.94. The van der Waals surface area contributed by atoms with Crippen molar-refractivity contribution in [1.82, 2.24) is 9.38 Å². The summed E-state index contributed by atoms with van der Waals surface area (Å²) in [5.74, 6) is 0.605. The molecule has 4 aromatic rings. The molecule has 0 saturated heterocycles. The molecule has 0 amide bonds. The minimum Gasteiger partial charge on any atom is -0.365 e. The smallest absolute Gasteiger partial charge is 0.139 e. The van der Waals surface area contributed by atoms with Crippen LogP contribution in [0.15, 0.2) is 72.9 Å². The first kappa shape index (κ1) is 15.4. The molecule has 2 heterocycles. The SMILES string of the molecule is Cc1ccc2nc(-c3cccc(F)c3)c(NCc3ccccc3)n2c1. The van der Waals surface area contributed by atoms with E-state index in [1.54, 1.807) is 6.07 Å². The third-order valence-corrected chi connectivity index (χ3v) is 4.17. The highest BCUT2D eigenvalue weighted by Crippen LogP contribution is 2.30. The van der Waals surface area contributed by atoms with Crippen LogP contribution in [0.2, 0.25) is 0 Å². The fraction of sp³-hybridized carbons (Fsp3) is 0.0952. The molecule has 0 spiro atoms. The summed E-state index contributed by atoms with van der Waals surface area (Å²) in [4.78, 5) is 4.71. The van der Waals surface area contributed by atoms with E-state index < -0.39 is 0 Å². The second-order valence-corrected chi connectivity index (χ2v) is 6.09. The summed E-state index contributed by atoms with van der Waals surface area (Å²) in [7, 11) is 0. The van der Waals surface area contributed by atoms with Crippen LogP contribution in [0.1, 0.15) is 11.1 Å². The van der Waals surface area contributed by atoms with Gasteiger partial charge in [0.05, 0.1) is 0 Å². The van der Waals surface area contributed by atoms with Crippen molar-refractivity contribution < 1.29 is 4.39 Å². The predicted molar refractivity (Wildman–Crippen MR) is 99.1 cm³/mol. The van der Waals surface area contributed by atoms with Gasteiger partial charge in [0.2, 0.25) is 0 Å². The van der Waals surface area contributed by atoms with Crippen molar-refractivity contribution in [3.05, 3.63) is 89.9 Å². The normalized spacial score (nSPS) is 11.0. The van der Waals surface area contributed by atoms with E-state index >= 15 is 0 Å². The summed E-state index contributed by atoms with van der Waals surface area (Å²) in [6, 6.07) is 20.7. The molecule has 2 aromatic carbocycles. The number of imidazole rings is 1. The van der Waals surface area contributed by atoms with E-state index in [-0.39, 0.29) is 5.82 Å². The van der Waals surface area contributed by atoms with Crippen LogP contribution in [-0.2, 0) is 6.54 Å². The van der Waals surface area contributed by atoms with Gasteiger partial charge in [-0.15, -0.1) is 0 Å². The first-order chi connectivity index (χ1) is 12.2. The van der Waals surface area contributed by atoms with Crippen LogP contribution in [0.25, 0.3) is 16.9 Å². The Hall–Kier alpha value is -3.14. The Bertz CT molecular complexity index is 1020. The maximum atomic E-state index is 13.7. The molecule has 0 fully saturated rings. The summed E-state index contributed by atoms with van der Waals surface area (Å²) in [5, 5.41) is 3.48. The molecular formula is C21H18FN3. The molecule has 1 N–H and O–H groups in total. The number of aryl methyl sites for hydroxylation is 1. The predicted octanol–water partition coefficient (Wildman–Crippen LogP) is 5.06. The van der Waals surface area contributed by atoms with E-state index in [0.29, 0.717) is 6.54 Å². The van der Waals surface area contributed by atoms with Gasteiger partial charge in [-0.25, -0.2) is 9.37 Å². The molecule has 2 aromatic heterocycles. The van der Waals surface area contributed by atoms with Gasteiger partial charge in [0.1, 0.15) is 23.0 Å². The zero-order chi connectivity index (χ0) is 17.2. The van der Waals surface area contributed by atoms with Gasteiger partial charge in [-0.3, -0.25) is 4.40 Å². The average molecular weight is 331 g/mol. The van der Waals surface area contributed by atoms with Gasteiger partial charge in [0.15, 0.2) is 0 Å². The van der Waals surface area contributed by atoms with E-state index in [2.05, 4.69) is 17.4 Å². The van der Waals surface area contributed by atoms with Crippen molar-refractivity contribution in [2.45, 2.75) is 13.5 Å². The molecule has 0 unspecified atom stereocenters. The standard InChI is InChI=1S/C21H18FN3/c1-15-10-11-19-24-20(17-8-5-9-18(22)12-17)21(25(19)14-15)23-13-16-6-3-2-4-7-16/h2-12,14,23H,13H2,1H3. The van der Waals surface area contributed by atoms with E-state index in [0.717, 1.165) is 28.3 Å². The molecule has 25 heavy (non-hydrogen) atoms. The molecular weight excluding hydrogens is 313 g/mol. The zero-order valence-electron chi connectivity index (χ0n) is 13.9. The second kappa shape index (κ2) is 6.40. The first-order valence-corrected chi connectivity index (χ1v) is 8.23. The Morgan fingerprint density at radius 2 is 1.84 bits per heavy atom. The van der Waals surface area contributed by atoms with Gasteiger partial charge in [-0.2, -0.15) is 0 Å². The van der Waals surface area contributed by atoms with Crippen LogP contribution in [-0.4, -0.2) is 9.38 Å². The highest BCUT2D eigenvalue weighted by molar-refractivity contribution is 5.76. The van der Waals surface area contributed by atoms with Gasteiger partial charge >= 0.3 is 0 Å². The number of pyridine rings is 1. The van der Waals surface area contributed by atoms with E-state index in [1.165, 1.54) is 17.7 Å². The molecule has 0 aliphatic heterocycles. The molecule has 4 rings (SSSR count). The molecule has 0 aliphatic rings. The molecule has 0 radical (unpaired) electrons. The highest BCUT2D eigenvalue weighted by Gasteiger charge is 2.14. The Morgan fingerprint density at radius 1 is 1.00 bits per heavy atom. The number of aromatic nitrogens is 2. The summed E-state index contributed by atoms with van der Waals surface area (Å²) in [5.41, 5.74) is 4.66. The summed E-state index contributed by atoms with van der Waals surface area (Å²) in [6.07, 6.45) is 2.04. The van der Waals surface area contributed by atoms with Crippen molar-refractivity contribution in [2.24, 2.45) is 0 Å². The topological polar surface area (TPSA) is 29.3 Å². The first-order valence-electron chi connectivity index (χ1n) is 8.23. The van der Waals surface area contributed by atoms with Crippen molar-refractivity contribution in [2.75, 3.05) is 5.32 Å². The van der Waals surface area contributed by atoms with Gasteiger partial charge < -0.3 is 5.32 Å². The number of hydrogen-bond donors (Lipinski definition) is 1. The Kier molecular flexibility index (Phi) is 3.94. The highest BCUT2D eigenvalue weighted by atomic mass is 19.1. The zero-order valence-corrected chi connectivity index (χ0v) is 13.9. The number of halogens is 1. The van der Waals surface area contributed by atoms with Crippen LogP contribution in [0.4, 0.5) is 10.2 Å². The molecule has 0 saturated carbocycles. The number of nitrogens with one attached hydrogen (secondary N) is 1. The fourth-order valence-electron chi connectivity index (χ4n) is 2.94. The monoisotopic (exact) mass is 331 g/mol. The molecule has 4 heteroatoms. The lowest BCUT2D eigenvalue weighted by molar-refractivity contribution is 0.628. The number of nitrogens with zero attached hydrogens (tertiary/aromatic N) is 2. The minimum atomic E-state index is -0.264. The summed E-state index contributed by atoms with van der Waals surface area (Å²) >= 11 is 0. The molecule has 0 bridgehead atoms. The summed E-state index contributed by atoms with van der Waals surface area (Å²) in [6.45, 7) is 2.72. The van der Waals surface area contributed by atoms with Gasteiger partial charge in [-0.1, -0.05) is 48.5 Å². The Balaban J connectivity index is 1.81. The lowest BCUT2D eigenvalue weighted by Crippen LogP contribution is -2.03. The average Bonchev–Trinajstić information content (AvgIpc) is 2.98. The van der Waals surface area contributed by atoms with Gasteiger partial charge in [0.25, 0.3) is 0 Å². The van der Waals surface area contributed by atoms with Crippen molar-refractivity contribution in [1.29, 1.82) is 0 Å². The lowest BCUT2D eigenvalue weighted by atomic mass is 10.1. The largest absolute Gasteiger partial charge is 0.365 e. The number of fused-ring (bicyclic) bond motifs is 1. The summed E-state index contributed by atoms with van der Waals surface area (Å²) < 4.78 is 15.7. The lowest BCUT2D eigenvalue weighted by Gasteiger charge is -2.09. The van der Waals surface area contributed by atoms with Crippen molar-refractivity contribution in [3.63, 3.8) is 0 Å². The minimum absolute atomic E-state index is 0.264. The van der Waals surface area contributed by atoms with Gasteiger partial charge in [0, 0.05) is 18.3 Å². The van der Waals surface area contributed by atoms with Crippen LogP contribution < -0.4 is 5.32 Å². The van der Waals surface area contributed by atoms with Crippen molar-refractivity contribution in [3.8, 4) is 11.3 Å². The third-order valence-electron chi connectivity index (χ3n) is 4.17. The number of hydrogen-bond acceptors (Lipinski definition) is 2. The van der Waals surface area contributed by atoms with E-state index in [1.807, 2.05) is 53.9 Å². The maximum absolute atomic E-state index is 13.7. The Morgan fingerprint density at radius 3 is 2.64 bits per heavy atom. The van der Waals surface area contributed by atoms with E-state index in [9.17, 15) is 4.39 Å². The van der Waals surface area contributed by atoms with Crippen molar-refractivity contribution >= 4 is 11.5 Å². The Labute approximate surface area is 145 Å². The third kappa shape index (κ3) is 3.11. The van der Waals surface area contributed by atoms with Crippen LogP contribution in [0.3, 0.4) is 0 Å². The number of benzene rings is 2.